The van der Waals surface area contributed by atoms with Gasteiger partial charge in [-0.2, -0.15) is 0 Å². The van der Waals surface area contributed by atoms with Crippen molar-refractivity contribution in [3.05, 3.63) is 0 Å². The van der Waals surface area contributed by atoms with Crippen LogP contribution in [0.5, 0.6) is 0 Å². The molecule has 0 saturated carbocycles. The van der Waals surface area contributed by atoms with Gasteiger partial charge in [0.25, 0.3) is 0 Å². The van der Waals surface area contributed by atoms with Crippen LogP contribution >= 0.6 is 0 Å². The lowest BCUT2D eigenvalue weighted by Gasteiger charge is -2.11. The summed E-state index contributed by atoms with van der Waals surface area (Å²) in [6.07, 6.45) is 0.181. The maximum absolute atomic E-state index is 12.2. The highest BCUT2D eigenvalue weighted by atomic mass is 19.3. The summed E-state index contributed by atoms with van der Waals surface area (Å²) in [5, 5.41) is 0. The van der Waals surface area contributed by atoms with Crippen LogP contribution in [0.1, 0.15) is 26.2 Å². The zero-order chi connectivity index (χ0) is 9.78. The van der Waals surface area contributed by atoms with Crippen molar-refractivity contribution in [3.63, 3.8) is 0 Å². The van der Waals surface area contributed by atoms with Gasteiger partial charge in [-0.1, -0.05) is 0 Å². The van der Waals surface area contributed by atoms with E-state index in [0.717, 1.165) is 6.92 Å². The molecule has 0 saturated heterocycles. The van der Waals surface area contributed by atoms with E-state index in [1.54, 1.807) is 0 Å². The van der Waals surface area contributed by atoms with Crippen molar-refractivity contribution in [3.8, 4) is 0 Å². The minimum Gasteiger partial charge on any atom is -0.368 e. The van der Waals surface area contributed by atoms with Crippen LogP contribution in [0, 0.1) is 0 Å². The quantitative estimate of drug-likeness (QED) is 0.651. The summed E-state index contributed by atoms with van der Waals surface area (Å²) < 4.78 is 24.4. The molecule has 4 N–H and O–H groups in total. The number of amides is 1. The molecule has 0 heterocycles. The molecular formula is C7H14F2N2O. The van der Waals surface area contributed by atoms with Gasteiger partial charge in [0.1, 0.15) is 0 Å². The molecule has 0 spiro atoms. The minimum atomic E-state index is -2.68. The number of halogens is 2. The molecule has 0 aromatic heterocycles. The van der Waals surface area contributed by atoms with Crippen LogP contribution in [0.4, 0.5) is 8.78 Å². The van der Waals surface area contributed by atoms with Crippen LogP contribution in [0.15, 0.2) is 0 Å². The first-order valence-electron chi connectivity index (χ1n) is 3.75. The molecule has 3 nitrogen and oxygen atoms in total. The third-order valence-electron chi connectivity index (χ3n) is 1.50. The number of hydrogen-bond donors (Lipinski definition) is 2. The van der Waals surface area contributed by atoms with Crippen LogP contribution < -0.4 is 11.5 Å². The molecule has 1 atom stereocenters. The van der Waals surface area contributed by atoms with Gasteiger partial charge in [-0.05, 0) is 19.8 Å². The van der Waals surface area contributed by atoms with E-state index in [9.17, 15) is 13.6 Å². The highest BCUT2D eigenvalue weighted by Gasteiger charge is 2.21. The maximum Gasteiger partial charge on any atom is 0.245 e. The molecule has 0 aromatic rings. The molecule has 0 rings (SSSR count). The SMILES string of the molecule is CC(F)(F)CCCC(N)C(N)=O. The maximum atomic E-state index is 12.2. The van der Waals surface area contributed by atoms with E-state index in [2.05, 4.69) is 0 Å². The summed E-state index contributed by atoms with van der Waals surface area (Å²) in [6.45, 7) is 0.836. The first kappa shape index (κ1) is 11.3. The largest absolute Gasteiger partial charge is 0.368 e. The lowest BCUT2D eigenvalue weighted by molar-refractivity contribution is -0.119. The van der Waals surface area contributed by atoms with Gasteiger partial charge in [-0.25, -0.2) is 8.78 Å². The molecular weight excluding hydrogens is 166 g/mol. The molecule has 5 heteroatoms. The normalized spacial score (nSPS) is 14.3. The predicted octanol–water partition coefficient (Wildman–Crippen LogP) is 0.625. The molecule has 0 aliphatic heterocycles. The van der Waals surface area contributed by atoms with E-state index < -0.39 is 17.9 Å². The Hall–Kier alpha value is -0.710. The molecule has 72 valence electrons. The Balaban J connectivity index is 3.51. The first-order valence-corrected chi connectivity index (χ1v) is 3.75. The Kier molecular flexibility index (Phi) is 4.09. The number of nitrogens with two attached hydrogens (primary N) is 2. The van der Waals surface area contributed by atoms with Crippen LogP contribution in [-0.2, 0) is 4.79 Å². The minimum absolute atomic E-state index is 0.216. The summed E-state index contributed by atoms with van der Waals surface area (Å²) in [6, 6.07) is -0.799. The van der Waals surface area contributed by atoms with E-state index in [-0.39, 0.29) is 19.3 Å². The number of primary amides is 1. The Bertz CT molecular complexity index is 156. The second kappa shape index (κ2) is 4.35. The van der Waals surface area contributed by atoms with E-state index >= 15 is 0 Å². The van der Waals surface area contributed by atoms with E-state index in [0.29, 0.717) is 0 Å². The average Bonchev–Trinajstić information content (AvgIpc) is 1.84. The Morgan fingerprint density at radius 2 is 2.08 bits per heavy atom. The van der Waals surface area contributed by atoms with Gasteiger partial charge in [0, 0.05) is 6.42 Å². The fourth-order valence-corrected chi connectivity index (χ4v) is 0.775. The van der Waals surface area contributed by atoms with Crippen molar-refractivity contribution in [2.75, 3.05) is 0 Å². The molecule has 0 aliphatic carbocycles. The van der Waals surface area contributed by atoms with Crippen molar-refractivity contribution < 1.29 is 13.6 Å². The molecule has 0 aliphatic rings. The Morgan fingerprint density at radius 1 is 1.58 bits per heavy atom. The summed E-state index contributed by atoms with van der Waals surface area (Å²) in [5.74, 6) is -3.33. The van der Waals surface area contributed by atoms with Crippen LogP contribution in [-0.4, -0.2) is 17.9 Å². The zero-order valence-corrected chi connectivity index (χ0v) is 7.02. The van der Waals surface area contributed by atoms with E-state index in [1.807, 2.05) is 0 Å². The standard InChI is InChI=1S/C7H14F2N2O/c1-7(8,9)4-2-3-5(10)6(11)12/h5H,2-4,10H2,1H3,(H2,11,12). The molecule has 0 fully saturated rings. The van der Waals surface area contributed by atoms with Crippen LogP contribution in [0.3, 0.4) is 0 Å². The molecule has 0 bridgehead atoms. The van der Waals surface area contributed by atoms with Crippen molar-refractivity contribution in [2.24, 2.45) is 11.5 Å². The number of hydrogen-bond acceptors (Lipinski definition) is 2. The van der Waals surface area contributed by atoms with Gasteiger partial charge >= 0.3 is 0 Å². The molecule has 12 heavy (non-hydrogen) atoms. The second-order valence-electron chi connectivity index (χ2n) is 2.97. The third-order valence-corrected chi connectivity index (χ3v) is 1.50. The van der Waals surface area contributed by atoms with Crippen molar-refractivity contribution >= 4 is 5.91 Å². The highest BCUT2D eigenvalue weighted by molar-refractivity contribution is 5.79. The summed E-state index contributed by atoms with van der Waals surface area (Å²) in [5.41, 5.74) is 10.1. The average molecular weight is 180 g/mol. The smallest absolute Gasteiger partial charge is 0.245 e. The van der Waals surface area contributed by atoms with Crippen molar-refractivity contribution in [1.29, 1.82) is 0 Å². The van der Waals surface area contributed by atoms with Gasteiger partial charge in [0.05, 0.1) is 6.04 Å². The Labute approximate surface area is 70.1 Å². The zero-order valence-electron chi connectivity index (χ0n) is 7.02. The summed E-state index contributed by atoms with van der Waals surface area (Å²) >= 11 is 0. The Morgan fingerprint density at radius 3 is 2.42 bits per heavy atom. The van der Waals surface area contributed by atoms with Gasteiger partial charge < -0.3 is 11.5 Å². The lowest BCUT2D eigenvalue weighted by atomic mass is 10.1. The van der Waals surface area contributed by atoms with Gasteiger partial charge in [-0.15, -0.1) is 0 Å². The van der Waals surface area contributed by atoms with Crippen LogP contribution in [0.25, 0.3) is 0 Å². The fraction of sp³-hybridized carbons (Fsp3) is 0.857. The fourth-order valence-electron chi connectivity index (χ4n) is 0.775. The molecule has 1 unspecified atom stereocenters. The number of alkyl halides is 2. The third kappa shape index (κ3) is 6.03. The van der Waals surface area contributed by atoms with Crippen molar-refractivity contribution in [2.45, 2.75) is 38.2 Å². The predicted molar refractivity (Wildman–Crippen MR) is 41.6 cm³/mol. The van der Waals surface area contributed by atoms with E-state index in [1.165, 1.54) is 0 Å². The molecule has 0 aromatic carbocycles. The van der Waals surface area contributed by atoms with E-state index in [4.69, 9.17) is 11.5 Å². The molecule has 0 radical (unpaired) electrons. The van der Waals surface area contributed by atoms with Crippen LogP contribution in [0.2, 0.25) is 0 Å². The highest BCUT2D eigenvalue weighted by Crippen LogP contribution is 2.19. The summed E-state index contributed by atoms with van der Waals surface area (Å²) in [7, 11) is 0. The summed E-state index contributed by atoms with van der Waals surface area (Å²) in [4.78, 5) is 10.4. The lowest BCUT2D eigenvalue weighted by Crippen LogP contribution is -2.36. The monoisotopic (exact) mass is 180 g/mol. The van der Waals surface area contributed by atoms with Gasteiger partial charge in [-0.3, -0.25) is 4.79 Å². The van der Waals surface area contributed by atoms with Gasteiger partial charge in [0.15, 0.2) is 0 Å². The second-order valence-corrected chi connectivity index (χ2v) is 2.97. The molecule has 1 amide bonds. The van der Waals surface area contributed by atoms with Gasteiger partial charge in [0.2, 0.25) is 11.8 Å². The first-order chi connectivity index (χ1) is 5.33. The number of carbonyl (C=O) groups excluding carboxylic acids is 1. The number of rotatable bonds is 5. The number of carbonyl (C=O) groups is 1. The topological polar surface area (TPSA) is 69.1 Å². The van der Waals surface area contributed by atoms with Crippen molar-refractivity contribution in [1.82, 2.24) is 0 Å².